The SMILES string of the molecule is N#Cc1cccc(C(=O)NCCC(=O)N2CCOCC2)c1. The maximum atomic E-state index is 11.9. The van der Waals surface area contributed by atoms with Crippen molar-refractivity contribution >= 4 is 11.8 Å². The molecule has 0 unspecified atom stereocenters. The first-order valence-corrected chi connectivity index (χ1v) is 6.84. The van der Waals surface area contributed by atoms with E-state index in [1.165, 1.54) is 6.07 Å². The summed E-state index contributed by atoms with van der Waals surface area (Å²) < 4.78 is 5.18. The van der Waals surface area contributed by atoms with Gasteiger partial charge in [0, 0.05) is 31.6 Å². The van der Waals surface area contributed by atoms with Crippen LogP contribution in [0.5, 0.6) is 0 Å². The van der Waals surface area contributed by atoms with E-state index in [4.69, 9.17) is 10.00 Å². The molecule has 1 aliphatic heterocycles. The third-order valence-corrected chi connectivity index (χ3v) is 3.24. The van der Waals surface area contributed by atoms with Crippen molar-refractivity contribution in [3.63, 3.8) is 0 Å². The van der Waals surface area contributed by atoms with Crippen molar-refractivity contribution in [1.29, 1.82) is 5.26 Å². The fourth-order valence-electron chi connectivity index (χ4n) is 2.09. The van der Waals surface area contributed by atoms with Crippen molar-refractivity contribution in [3.8, 4) is 6.07 Å². The van der Waals surface area contributed by atoms with Crippen molar-refractivity contribution < 1.29 is 14.3 Å². The van der Waals surface area contributed by atoms with Gasteiger partial charge >= 0.3 is 0 Å². The number of rotatable bonds is 4. The molecule has 1 saturated heterocycles. The fraction of sp³-hybridized carbons (Fsp3) is 0.400. The minimum Gasteiger partial charge on any atom is -0.378 e. The molecule has 6 heteroatoms. The molecule has 1 heterocycles. The van der Waals surface area contributed by atoms with Crippen LogP contribution < -0.4 is 5.32 Å². The third kappa shape index (κ3) is 4.29. The number of nitrogens with one attached hydrogen (secondary N) is 1. The zero-order valence-electron chi connectivity index (χ0n) is 11.7. The Morgan fingerprint density at radius 3 is 2.81 bits per heavy atom. The highest BCUT2D eigenvalue weighted by Crippen LogP contribution is 2.04. The number of morpholine rings is 1. The first-order valence-electron chi connectivity index (χ1n) is 6.84. The molecule has 1 N–H and O–H groups in total. The first kappa shape index (κ1) is 15.0. The Labute approximate surface area is 123 Å². The zero-order valence-corrected chi connectivity index (χ0v) is 11.7. The van der Waals surface area contributed by atoms with E-state index in [1.807, 2.05) is 6.07 Å². The summed E-state index contributed by atoms with van der Waals surface area (Å²) in [4.78, 5) is 25.5. The molecule has 0 aromatic heterocycles. The molecule has 0 spiro atoms. The summed E-state index contributed by atoms with van der Waals surface area (Å²) in [7, 11) is 0. The van der Waals surface area contributed by atoms with E-state index in [0.717, 1.165) is 0 Å². The van der Waals surface area contributed by atoms with Gasteiger partial charge in [0.25, 0.3) is 5.91 Å². The molecule has 0 aliphatic carbocycles. The Kier molecular flexibility index (Phi) is 5.29. The first-order chi connectivity index (χ1) is 10.2. The van der Waals surface area contributed by atoms with Gasteiger partial charge in [-0.2, -0.15) is 5.26 Å². The van der Waals surface area contributed by atoms with E-state index in [-0.39, 0.29) is 24.8 Å². The monoisotopic (exact) mass is 287 g/mol. The number of carbonyl (C=O) groups is 2. The molecule has 1 aromatic carbocycles. The van der Waals surface area contributed by atoms with Gasteiger partial charge in [0.05, 0.1) is 24.8 Å². The summed E-state index contributed by atoms with van der Waals surface area (Å²) >= 11 is 0. The number of hydrogen-bond donors (Lipinski definition) is 1. The van der Waals surface area contributed by atoms with E-state index >= 15 is 0 Å². The van der Waals surface area contributed by atoms with Crippen LogP contribution in [0.25, 0.3) is 0 Å². The molecule has 21 heavy (non-hydrogen) atoms. The highest BCUT2D eigenvalue weighted by molar-refractivity contribution is 5.94. The second kappa shape index (κ2) is 7.41. The highest BCUT2D eigenvalue weighted by Gasteiger charge is 2.16. The number of nitrogens with zero attached hydrogens (tertiary/aromatic N) is 2. The predicted molar refractivity (Wildman–Crippen MR) is 75.5 cm³/mol. The van der Waals surface area contributed by atoms with Gasteiger partial charge in [-0.3, -0.25) is 9.59 Å². The molecule has 0 saturated carbocycles. The molecule has 1 fully saturated rings. The summed E-state index contributed by atoms with van der Waals surface area (Å²) in [5.74, 6) is -0.258. The molecule has 0 atom stereocenters. The van der Waals surface area contributed by atoms with E-state index < -0.39 is 0 Å². The number of amides is 2. The van der Waals surface area contributed by atoms with Crippen LogP contribution in [0.15, 0.2) is 24.3 Å². The van der Waals surface area contributed by atoms with E-state index in [9.17, 15) is 9.59 Å². The predicted octanol–water partition coefficient (Wildman–Crippen LogP) is 0.537. The van der Waals surface area contributed by atoms with E-state index in [0.29, 0.717) is 37.4 Å². The molecular weight excluding hydrogens is 270 g/mol. The van der Waals surface area contributed by atoms with E-state index in [2.05, 4.69) is 5.32 Å². The van der Waals surface area contributed by atoms with Crippen LogP contribution in [-0.4, -0.2) is 49.6 Å². The molecule has 6 nitrogen and oxygen atoms in total. The molecule has 110 valence electrons. The topological polar surface area (TPSA) is 82.4 Å². The second-order valence-corrected chi connectivity index (χ2v) is 4.69. The molecule has 1 aromatic rings. The molecule has 0 radical (unpaired) electrons. The molecule has 2 amide bonds. The number of nitriles is 1. The average molecular weight is 287 g/mol. The van der Waals surface area contributed by atoms with Crippen molar-refractivity contribution in [2.24, 2.45) is 0 Å². The minimum absolute atomic E-state index is 0.0179. The smallest absolute Gasteiger partial charge is 0.251 e. The van der Waals surface area contributed by atoms with Gasteiger partial charge in [0.1, 0.15) is 0 Å². The Hall–Kier alpha value is -2.39. The van der Waals surface area contributed by atoms with Crippen molar-refractivity contribution in [2.45, 2.75) is 6.42 Å². The number of hydrogen-bond acceptors (Lipinski definition) is 4. The van der Waals surface area contributed by atoms with Gasteiger partial charge in [-0.15, -0.1) is 0 Å². The van der Waals surface area contributed by atoms with Crippen molar-refractivity contribution in [3.05, 3.63) is 35.4 Å². The summed E-state index contributed by atoms with van der Waals surface area (Å²) in [5.41, 5.74) is 0.861. The van der Waals surface area contributed by atoms with Gasteiger partial charge in [-0.25, -0.2) is 0 Å². The van der Waals surface area contributed by atoms with Gasteiger partial charge < -0.3 is 15.0 Å². The van der Waals surface area contributed by atoms with Gasteiger partial charge in [-0.05, 0) is 18.2 Å². The second-order valence-electron chi connectivity index (χ2n) is 4.69. The Balaban J connectivity index is 1.78. The van der Waals surface area contributed by atoms with Gasteiger partial charge in [0.2, 0.25) is 5.91 Å². The van der Waals surface area contributed by atoms with Crippen LogP contribution in [0.1, 0.15) is 22.3 Å². The number of benzene rings is 1. The summed E-state index contributed by atoms with van der Waals surface area (Å²) in [6.07, 6.45) is 0.268. The fourth-order valence-corrected chi connectivity index (χ4v) is 2.09. The Morgan fingerprint density at radius 1 is 1.33 bits per heavy atom. The molecule has 0 bridgehead atoms. The van der Waals surface area contributed by atoms with Crippen LogP contribution in [-0.2, 0) is 9.53 Å². The van der Waals surface area contributed by atoms with Crippen LogP contribution >= 0.6 is 0 Å². The minimum atomic E-state index is -0.276. The summed E-state index contributed by atoms with van der Waals surface area (Å²) in [6.45, 7) is 2.64. The molecule has 1 aliphatic rings. The van der Waals surface area contributed by atoms with Crippen LogP contribution in [0.2, 0.25) is 0 Å². The highest BCUT2D eigenvalue weighted by atomic mass is 16.5. The lowest BCUT2D eigenvalue weighted by atomic mass is 10.1. The van der Waals surface area contributed by atoms with Crippen LogP contribution in [0.4, 0.5) is 0 Å². The number of carbonyl (C=O) groups excluding carboxylic acids is 2. The summed E-state index contributed by atoms with van der Waals surface area (Å²) in [6, 6.07) is 8.45. The van der Waals surface area contributed by atoms with Gasteiger partial charge in [0.15, 0.2) is 0 Å². The Bertz CT molecular complexity index is 560. The van der Waals surface area contributed by atoms with Crippen molar-refractivity contribution in [2.75, 3.05) is 32.8 Å². The van der Waals surface area contributed by atoms with Crippen LogP contribution in [0, 0.1) is 11.3 Å². The Morgan fingerprint density at radius 2 is 2.10 bits per heavy atom. The van der Waals surface area contributed by atoms with E-state index in [1.54, 1.807) is 23.1 Å². The zero-order chi connectivity index (χ0) is 15.1. The quantitative estimate of drug-likeness (QED) is 0.876. The molecular formula is C15H17N3O3. The van der Waals surface area contributed by atoms with Crippen LogP contribution in [0.3, 0.4) is 0 Å². The third-order valence-electron chi connectivity index (χ3n) is 3.24. The maximum Gasteiger partial charge on any atom is 0.251 e. The lowest BCUT2D eigenvalue weighted by Gasteiger charge is -2.26. The normalized spacial score (nSPS) is 14.3. The largest absolute Gasteiger partial charge is 0.378 e. The molecule has 2 rings (SSSR count). The summed E-state index contributed by atoms with van der Waals surface area (Å²) in [5, 5.41) is 11.5. The van der Waals surface area contributed by atoms with Crippen molar-refractivity contribution in [1.82, 2.24) is 10.2 Å². The standard InChI is InChI=1S/C15H17N3O3/c16-11-12-2-1-3-13(10-12)15(20)17-5-4-14(19)18-6-8-21-9-7-18/h1-3,10H,4-9H2,(H,17,20). The maximum absolute atomic E-state index is 11.9. The lowest BCUT2D eigenvalue weighted by Crippen LogP contribution is -2.42. The van der Waals surface area contributed by atoms with Gasteiger partial charge in [-0.1, -0.05) is 6.07 Å². The average Bonchev–Trinajstić information content (AvgIpc) is 2.55. The number of ether oxygens (including phenoxy) is 1. The lowest BCUT2D eigenvalue weighted by molar-refractivity contribution is -0.135.